The number of aromatic nitrogens is 2. The van der Waals surface area contributed by atoms with E-state index in [0.717, 1.165) is 17.8 Å². The second-order valence-electron chi connectivity index (χ2n) is 4.66. The summed E-state index contributed by atoms with van der Waals surface area (Å²) < 4.78 is 40.5. The predicted molar refractivity (Wildman–Crippen MR) is 77.3 cm³/mol. The molecule has 122 valence electrons. The summed E-state index contributed by atoms with van der Waals surface area (Å²) in [5.74, 6) is 0. The van der Waals surface area contributed by atoms with Gasteiger partial charge in [-0.25, -0.2) is 0 Å². The molecular formula is C13H12F3N5O2. The number of halogens is 3. The molecule has 1 N–H and O–H groups in total. The molecule has 0 saturated heterocycles. The van der Waals surface area contributed by atoms with Gasteiger partial charge < -0.3 is 0 Å². The average molecular weight is 327 g/mol. The Morgan fingerprint density at radius 3 is 2.65 bits per heavy atom. The van der Waals surface area contributed by atoms with Crippen molar-refractivity contribution >= 4 is 17.6 Å². The van der Waals surface area contributed by atoms with Gasteiger partial charge in [0.25, 0.3) is 5.69 Å². The Morgan fingerprint density at radius 2 is 2.13 bits per heavy atom. The van der Waals surface area contributed by atoms with Crippen molar-refractivity contribution < 1.29 is 18.1 Å². The standard InChI is InChI=1S/C13H12F3N5O2/c1-8-9(7-18-20(8)2)6-17-19-12-4-3-10(21(22)23)5-11(12)13(14,15)16/h3-7,19H,1-2H3/b17-6+. The third-order valence-corrected chi connectivity index (χ3v) is 3.18. The van der Waals surface area contributed by atoms with E-state index in [9.17, 15) is 23.3 Å². The molecule has 7 nitrogen and oxygen atoms in total. The number of nitro groups is 1. The van der Waals surface area contributed by atoms with Crippen LogP contribution in [0.2, 0.25) is 0 Å². The summed E-state index contributed by atoms with van der Waals surface area (Å²) in [6.45, 7) is 1.78. The van der Waals surface area contributed by atoms with Crippen LogP contribution in [0, 0.1) is 17.0 Å². The number of rotatable bonds is 4. The fourth-order valence-electron chi connectivity index (χ4n) is 1.79. The lowest BCUT2D eigenvalue weighted by Gasteiger charge is -2.11. The molecule has 0 saturated carbocycles. The summed E-state index contributed by atoms with van der Waals surface area (Å²) in [4.78, 5) is 9.72. The van der Waals surface area contributed by atoms with Gasteiger partial charge >= 0.3 is 6.18 Å². The maximum absolute atomic E-state index is 13.0. The van der Waals surface area contributed by atoms with Crippen LogP contribution in [-0.4, -0.2) is 20.9 Å². The molecule has 23 heavy (non-hydrogen) atoms. The average Bonchev–Trinajstić information content (AvgIpc) is 2.78. The first-order chi connectivity index (χ1) is 10.7. The van der Waals surface area contributed by atoms with E-state index in [4.69, 9.17) is 0 Å². The van der Waals surface area contributed by atoms with Crippen LogP contribution in [0.4, 0.5) is 24.5 Å². The summed E-state index contributed by atoms with van der Waals surface area (Å²) >= 11 is 0. The number of hydrogen-bond acceptors (Lipinski definition) is 5. The van der Waals surface area contributed by atoms with E-state index in [-0.39, 0.29) is 5.69 Å². The number of hydrazone groups is 1. The maximum Gasteiger partial charge on any atom is 0.418 e. The van der Waals surface area contributed by atoms with E-state index in [1.54, 1.807) is 18.7 Å². The molecule has 0 amide bonds. The van der Waals surface area contributed by atoms with Crippen LogP contribution in [0.5, 0.6) is 0 Å². The highest BCUT2D eigenvalue weighted by molar-refractivity contribution is 5.81. The van der Waals surface area contributed by atoms with Crippen molar-refractivity contribution in [2.45, 2.75) is 13.1 Å². The van der Waals surface area contributed by atoms with E-state index in [1.807, 2.05) is 0 Å². The van der Waals surface area contributed by atoms with Gasteiger partial charge in [-0.15, -0.1) is 0 Å². The SMILES string of the molecule is Cc1c(/C=N/Nc2ccc([N+](=O)[O-])cc2C(F)(F)F)cnn1C. The van der Waals surface area contributed by atoms with Gasteiger partial charge in [0, 0.05) is 30.4 Å². The summed E-state index contributed by atoms with van der Waals surface area (Å²) in [6.07, 6.45) is -1.90. The Bertz CT molecular complexity index is 767. The van der Waals surface area contributed by atoms with Crippen molar-refractivity contribution in [1.29, 1.82) is 0 Å². The number of alkyl halides is 3. The predicted octanol–water partition coefficient (Wildman–Crippen LogP) is 3.10. The lowest BCUT2D eigenvalue weighted by Crippen LogP contribution is -2.09. The quantitative estimate of drug-likeness (QED) is 0.531. The van der Waals surface area contributed by atoms with Crippen molar-refractivity contribution in [2.75, 3.05) is 5.43 Å². The molecule has 1 aromatic heterocycles. The van der Waals surface area contributed by atoms with E-state index < -0.39 is 22.4 Å². The molecule has 0 unspecified atom stereocenters. The first-order valence-electron chi connectivity index (χ1n) is 6.33. The highest BCUT2D eigenvalue weighted by atomic mass is 19.4. The second kappa shape index (κ2) is 6.07. The zero-order valence-corrected chi connectivity index (χ0v) is 12.1. The Balaban J connectivity index is 2.29. The van der Waals surface area contributed by atoms with Gasteiger partial charge in [0.15, 0.2) is 0 Å². The van der Waals surface area contributed by atoms with E-state index in [1.165, 1.54) is 12.4 Å². The molecule has 0 fully saturated rings. The van der Waals surface area contributed by atoms with Crippen LogP contribution in [0.3, 0.4) is 0 Å². The third kappa shape index (κ3) is 3.65. The zero-order chi connectivity index (χ0) is 17.2. The van der Waals surface area contributed by atoms with Crippen LogP contribution in [0.15, 0.2) is 29.5 Å². The van der Waals surface area contributed by atoms with Gasteiger partial charge in [0.1, 0.15) is 0 Å². The molecule has 0 aliphatic rings. The summed E-state index contributed by atoms with van der Waals surface area (Å²) in [5, 5.41) is 18.3. The number of nitrogens with one attached hydrogen (secondary N) is 1. The van der Waals surface area contributed by atoms with Crippen molar-refractivity contribution in [3.05, 3.63) is 51.3 Å². The van der Waals surface area contributed by atoms with Crippen LogP contribution < -0.4 is 5.43 Å². The number of benzene rings is 1. The Labute approximate surface area is 128 Å². The fourth-order valence-corrected chi connectivity index (χ4v) is 1.79. The van der Waals surface area contributed by atoms with Crippen LogP contribution >= 0.6 is 0 Å². The van der Waals surface area contributed by atoms with Crippen LogP contribution in [0.1, 0.15) is 16.8 Å². The minimum absolute atomic E-state index is 0.374. The maximum atomic E-state index is 13.0. The number of anilines is 1. The smallest absolute Gasteiger partial charge is 0.278 e. The number of hydrogen-bond donors (Lipinski definition) is 1. The number of nitro benzene ring substituents is 1. The zero-order valence-electron chi connectivity index (χ0n) is 12.1. The topological polar surface area (TPSA) is 85.3 Å². The Kier molecular flexibility index (Phi) is 4.34. The molecule has 1 aromatic carbocycles. The monoisotopic (exact) mass is 327 g/mol. The molecule has 10 heteroatoms. The highest BCUT2D eigenvalue weighted by Crippen LogP contribution is 2.37. The minimum Gasteiger partial charge on any atom is -0.278 e. The van der Waals surface area contributed by atoms with Gasteiger partial charge in [-0.3, -0.25) is 20.2 Å². The fraction of sp³-hybridized carbons (Fsp3) is 0.231. The molecule has 0 atom stereocenters. The van der Waals surface area contributed by atoms with Crippen molar-refractivity contribution in [1.82, 2.24) is 9.78 Å². The molecule has 0 bridgehead atoms. The molecule has 0 spiro atoms. The minimum atomic E-state index is -4.74. The van der Waals surface area contributed by atoms with Gasteiger partial charge in [-0.2, -0.15) is 23.4 Å². The molecule has 1 heterocycles. The van der Waals surface area contributed by atoms with Gasteiger partial charge in [0.05, 0.1) is 28.6 Å². The largest absolute Gasteiger partial charge is 0.418 e. The molecular weight excluding hydrogens is 315 g/mol. The molecule has 0 radical (unpaired) electrons. The lowest BCUT2D eigenvalue weighted by atomic mass is 10.1. The van der Waals surface area contributed by atoms with Gasteiger partial charge in [-0.1, -0.05) is 0 Å². The Morgan fingerprint density at radius 1 is 1.43 bits per heavy atom. The highest BCUT2D eigenvalue weighted by Gasteiger charge is 2.35. The third-order valence-electron chi connectivity index (χ3n) is 3.18. The summed E-state index contributed by atoms with van der Waals surface area (Å²) in [7, 11) is 1.72. The van der Waals surface area contributed by atoms with Gasteiger partial charge in [-0.05, 0) is 13.0 Å². The number of aryl methyl sites for hydroxylation is 1. The van der Waals surface area contributed by atoms with E-state index in [2.05, 4.69) is 15.6 Å². The second-order valence-corrected chi connectivity index (χ2v) is 4.66. The van der Waals surface area contributed by atoms with Crippen molar-refractivity contribution in [3.8, 4) is 0 Å². The number of nitrogens with zero attached hydrogens (tertiary/aromatic N) is 4. The summed E-state index contributed by atoms with van der Waals surface area (Å²) in [6, 6.07) is 2.41. The van der Waals surface area contributed by atoms with Crippen LogP contribution in [0.25, 0.3) is 0 Å². The molecule has 0 aliphatic carbocycles. The van der Waals surface area contributed by atoms with Gasteiger partial charge in [0.2, 0.25) is 0 Å². The van der Waals surface area contributed by atoms with Crippen molar-refractivity contribution in [2.24, 2.45) is 12.1 Å². The Hall–Kier alpha value is -2.91. The summed E-state index contributed by atoms with van der Waals surface area (Å²) in [5.41, 5.74) is 1.50. The van der Waals surface area contributed by atoms with Crippen molar-refractivity contribution in [3.63, 3.8) is 0 Å². The molecule has 2 aromatic rings. The van der Waals surface area contributed by atoms with E-state index >= 15 is 0 Å². The number of non-ortho nitro benzene ring substituents is 1. The molecule has 0 aliphatic heterocycles. The molecule has 2 rings (SSSR count). The van der Waals surface area contributed by atoms with Crippen LogP contribution in [-0.2, 0) is 13.2 Å². The first kappa shape index (κ1) is 16.5. The first-order valence-corrected chi connectivity index (χ1v) is 6.33. The van der Waals surface area contributed by atoms with E-state index in [0.29, 0.717) is 11.6 Å². The lowest BCUT2D eigenvalue weighted by molar-refractivity contribution is -0.385. The normalized spacial score (nSPS) is 11.9.